The van der Waals surface area contributed by atoms with Crippen LogP contribution in [0.25, 0.3) is 0 Å². The van der Waals surface area contributed by atoms with Crippen LogP contribution >= 0.6 is 0 Å². The molecule has 0 aliphatic carbocycles. The Morgan fingerprint density at radius 1 is 0.0870 bits per heavy atom. The van der Waals surface area contributed by atoms with E-state index in [0.29, 0.717) is 456 Å². The van der Waals surface area contributed by atoms with Crippen LogP contribution in [0.2, 0.25) is 0 Å². The predicted molar refractivity (Wildman–Crippen MR) is 416 cm³/mol. The first-order chi connectivity index (χ1) is 57.3. The molecule has 0 fully saturated rings. The van der Waals surface area contributed by atoms with E-state index in [1.54, 1.807) is 21.3 Å². The highest BCUT2D eigenvalue weighted by Crippen LogP contribution is 1.98. The summed E-state index contributed by atoms with van der Waals surface area (Å²) >= 11 is -2.56. The van der Waals surface area contributed by atoms with Crippen LogP contribution in [0, 0.1) is 0 Å². The van der Waals surface area contributed by atoms with Gasteiger partial charge < -0.3 is 182 Å². The molecule has 0 rings (SSSR count). The molecular weight excluding hydrogens is 1550 g/mol. The van der Waals surface area contributed by atoms with Gasteiger partial charge in [0.05, 0.1) is 456 Å². The molecular formula is C75H153AlO39. The Bertz CT molecular complexity index is 1490. The van der Waals surface area contributed by atoms with Crippen LogP contribution in [0.5, 0.6) is 0 Å². The zero-order valence-electron chi connectivity index (χ0n) is 70.4. The van der Waals surface area contributed by atoms with Crippen molar-refractivity contribution in [2.45, 2.75) is 0 Å². The van der Waals surface area contributed by atoms with Crippen molar-refractivity contribution < 1.29 is 182 Å². The van der Waals surface area contributed by atoms with Crippen molar-refractivity contribution in [3.05, 3.63) is 0 Å². The Morgan fingerprint density at radius 2 is 0.148 bits per heavy atom. The predicted octanol–water partition coefficient (Wildman–Crippen LogP) is 0.508. The average Bonchev–Trinajstić information content (AvgIpc) is 1.20. The lowest BCUT2D eigenvalue weighted by Gasteiger charge is -2.14. The third-order valence-electron chi connectivity index (χ3n) is 13.9. The van der Waals surface area contributed by atoms with Crippen molar-refractivity contribution in [1.29, 1.82) is 0 Å². The first-order valence-electron chi connectivity index (χ1n) is 40.7. The fourth-order valence-electron chi connectivity index (χ4n) is 8.08. The Kier molecular flexibility index (Phi) is 110. The van der Waals surface area contributed by atoms with E-state index >= 15 is 0 Å². The molecule has 0 saturated heterocycles. The minimum absolute atomic E-state index is 0.277. The van der Waals surface area contributed by atoms with Gasteiger partial charge in [-0.1, -0.05) is 0 Å². The van der Waals surface area contributed by atoms with Gasteiger partial charge in [-0.05, 0) is 0 Å². The molecule has 0 saturated carbocycles. The lowest BCUT2D eigenvalue weighted by molar-refractivity contribution is -0.0298. The van der Waals surface area contributed by atoms with Gasteiger partial charge in [0, 0.05) is 41.2 Å². The largest absolute Gasteiger partial charge is 0.905 e. The Morgan fingerprint density at radius 3 is 0.217 bits per heavy atom. The van der Waals surface area contributed by atoms with Crippen molar-refractivity contribution in [2.75, 3.05) is 497 Å². The summed E-state index contributed by atoms with van der Waals surface area (Å²) in [5.74, 6) is 0. The van der Waals surface area contributed by atoms with Gasteiger partial charge >= 0.3 is 15.1 Å². The summed E-state index contributed by atoms with van der Waals surface area (Å²) in [4.78, 5) is 0. The molecule has 690 valence electrons. The minimum atomic E-state index is -2.56. The van der Waals surface area contributed by atoms with Crippen LogP contribution in [0.15, 0.2) is 0 Å². The van der Waals surface area contributed by atoms with Crippen molar-refractivity contribution in [2.24, 2.45) is 0 Å². The molecule has 0 aromatic carbocycles. The number of ether oxygens (including phenoxy) is 36. The van der Waals surface area contributed by atoms with E-state index in [0.717, 1.165) is 0 Å². The maximum Gasteiger partial charge on any atom is 0.905 e. The third-order valence-corrected chi connectivity index (χ3v) is 15.4. The smallest absolute Gasteiger partial charge is 0.452 e. The lowest BCUT2D eigenvalue weighted by atomic mass is 10.6. The molecule has 39 nitrogen and oxygen atoms in total. The van der Waals surface area contributed by atoms with E-state index in [-0.39, 0.29) is 19.8 Å². The van der Waals surface area contributed by atoms with Gasteiger partial charge in [0.1, 0.15) is 0 Å². The Labute approximate surface area is 691 Å². The van der Waals surface area contributed by atoms with E-state index in [1.807, 2.05) is 0 Å². The standard InChI is InChI=1S/3C25H51O13.Al/c3*1-27-4-5-29-8-9-31-12-13-33-16-17-35-20-21-37-24-25-38-23-22-36-19-18-34-15-14-32-11-10-30-7-6-28-3-2-26;/h3*2-25H2,1H3;/q3*-1;+3. The summed E-state index contributed by atoms with van der Waals surface area (Å²) in [5, 5.41) is 0. The molecule has 40 heteroatoms. The molecule has 0 radical (unpaired) electrons. The Hall–Kier alpha value is -1.03. The Balaban J connectivity index is 4.03. The number of rotatable bonds is 111. The van der Waals surface area contributed by atoms with E-state index < -0.39 is 15.1 Å². The van der Waals surface area contributed by atoms with Crippen LogP contribution in [-0.4, -0.2) is 512 Å². The molecule has 0 aliphatic rings. The molecule has 0 bridgehead atoms. The van der Waals surface area contributed by atoms with E-state index in [4.69, 9.17) is 182 Å². The molecule has 0 heterocycles. The second kappa shape index (κ2) is 111. The summed E-state index contributed by atoms with van der Waals surface area (Å²) < 4.78 is 215. The van der Waals surface area contributed by atoms with Crippen LogP contribution < -0.4 is 0 Å². The van der Waals surface area contributed by atoms with Crippen LogP contribution in [0.1, 0.15) is 0 Å². The van der Waals surface area contributed by atoms with Gasteiger partial charge in [-0.3, -0.25) is 0 Å². The molecule has 0 aromatic rings. The number of hydrogen-bond donors (Lipinski definition) is 0. The SMILES string of the molecule is COCCOCCOCCOCCOCCOCCOCCOCCOCCOCCOCCOCC[O][Al]([O]CCOCCOCCOCCOCCOCCOCCOCCOCCOCCOCCOCCOC)[O]CCOCCOCCOCCOCCOCCOCCOCCOCCOCCOCCOCCOC. The highest BCUT2D eigenvalue weighted by Gasteiger charge is 2.31. The fraction of sp³-hybridized carbons (Fsp3) is 1.00. The molecule has 0 aromatic heterocycles. The molecule has 0 aliphatic heterocycles. The summed E-state index contributed by atoms with van der Waals surface area (Å²) in [7, 11) is 4.92. The zero-order valence-corrected chi connectivity index (χ0v) is 71.6. The van der Waals surface area contributed by atoms with Gasteiger partial charge in [0.15, 0.2) is 0 Å². The lowest BCUT2D eigenvalue weighted by Crippen LogP contribution is -2.32. The fourth-order valence-corrected chi connectivity index (χ4v) is 9.24. The van der Waals surface area contributed by atoms with Gasteiger partial charge in [0.2, 0.25) is 0 Å². The van der Waals surface area contributed by atoms with Crippen molar-refractivity contribution in [3.8, 4) is 0 Å². The summed E-state index contributed by atoms with van der Waals surface area (Å²) in [5.41, 5.74) is 0. The van der Waals surface area contributed by atoms with E-state index in [9.17, 15) is 0 Å². The topological polar surface area (TPSA) is 360 Å². The van der Waals surface area contributed by atoms with Gasteiger partial charge in [0.25, 0.3) is 0 Å². The third kappa shape index (κ3) is 109. The van der Waals surface area contributed by atoms with Crippen molar-refractivity contribution in [3.63, 3.8) is 0 Å². The highest BCUT2D eigenvalue weighted by atomic mass is 27.3. The second-order valence-corrected chi connectivity index (χ2v) is 24.7. The minimum Gasteiger partial charge on any atom is -0.452 e. The van der Waals surface area contributed by atoms with Crippen LogP contribution in [0.3, 0.4) is 0 Å². The maximum absolute atomic E-state index is 5.97. The first kappa shape index (κ1) is 114. The molecule has 0 N–H and O–H groups in total. The van der Waals surface area contributed by atoms with Gasteiger partial charge in [-0.15, -0.1) is 0 Å². The molecule has 115 heavy (non-hydrogen) atoms. The number of methoxy groups -OCH3 is 3. The molecule has 0 unspecified atom stereocenters. The maximum atomic E-state index is 5.97. The summed E-state index contributed by atoms with van der Waals surface area (Å²) in [6.45, 7) is 33.5. The summed E-state index contributed by atoms with van der Waals surface area (Å²) in [6.07, 6.45) is 0. The average molecular weight is 1710 g/mol. The number of hydrogen-bond acceptors (Lipinski definition) is 39. The zero-order chi connectivity index (χ0) is 82.1. The van der Waals surface area contributed by atoms with Crippen molar-refractivity contribution in [1.82, 2.24) is 0 Å². The molecule has 0 spiro atoms. The first-order valence-corrected chi connectivity index (χ1v) is 42.1. The normalized spacial score (nSPS) is 11.8. The van der Waals surface area contributed by atoms with Gasteiger partial charge in [-0.25, -0.2) is 0 Å². The summed E-state index contributed by atoms with van der Waals surface area (Å²) in [6, 6.07) is 0. The quantitative estimate of drug-likeness (QED) is 0.0591. The van der Waals surface area contributed by atoms with E-state index in [1.165, 1.54) is 0 Å². The molecule has 0 amide bonds. The van der Waals surface area contributed by atoms with Crippen LogP contribution in [-0.2, 0) is 182 Å². The van der Waals surface area contributed by atoms with Gasteiger partial charge in [-0.2, -0.15) is 0 Å². The molecule has 0 atom stereocenters. The van der Waals surface area contributed by atoms with Crippen molar-refractivity contribution >= 4 is 15.1 Å². The highest BCUT2D eigenvalue weighted by molar-refractivity contribution is 6.36. The van der Waals surface area contributed by atoms with E-state index in [2.05, 4.69) is 0 Å². The monoisotopic (exact) mass is 1700 g/mol. The second-order valence-electron chi connectivity index (χ2n) is 23.1. The van der Waals surface area contributed by atoms with Crippen LogP contribution in [0.4, 0.5) is 0 Å².